The fourth-order valence-corrected chi connectivity index (χ4v) is 3.32. The van der Waals surface area contributed by atoms with Crippen molar-refractivity contribution < 1.29 is 27.9 Å². The van der Waals surface area contributed by atoms with E-state index in [2.05, 4.69) is 4.72 Å². The molecule has 0 aliphatic carbocycles. The van der Waals surface area contributed by atoms with Crippen LogP contribution in [0.1, 0.15) is 42.6 Å². The number of esters is 1. The predicted octanol–water partition coefficient (Wildman–Crippen LogP) is 1.54. The first-order chi connectivity index (χ1) is 10.8. The van der Waals surface area contributed by atoms with Gasteiger partial charge in [-0.25, -0.2) is 17.9 Å². The monoisotopic (exact) mass is 343 g/mol. The second kappa shape index (κ2) is 8.64. The van der Waals surface area contributed by atoms with Crippen molar-refractivity contribution in [1.29, 1.82) is 0 Å². The van der Waals surface area contributed by atoms with Crippen molar-refractivity contribution in [2.45, 2.75) is 38.5 Å². The van der Waals surface area contributed by atoms with Gasteiger partial charge in [0.25, 0.3) is 0 Å². The van der Waals surface area contributed by atoms with E-state index in [4.69, 9.17) is 9.84 Å². The molecule has 0 amide bonds. The molecule has 0 saturated carbocycles. The summed E-state index contributed by atoms with van der Waals surface area (Å²) in [7, 11) is -3.79. The topological polar surface area (TPSA) is 110 Å². The Kier molecular flexibility index (Phi) is 7.18. The molecule has 0 aliphatic heterocycles. The number of carbonyl (C=O) groups excluding carboxylic acids is 1. The van der Waals surface area contributed by atoms with Crippen LogP contribution in [0.4, 0.5) is 0 Å². The van der Waals surface area contributed by atoms with Crippen molar-refractivity contribution in [2.75, 3.05) is 6.61 Å². The molecule has 8 heteroatoms. The molecule has 0 spiro atoms. The van der Waals surface area contributed by atoms with Crippen LogP contribution >= 0.6 is 0 Å². The summed E-state index contributed by atoms with van der Waals surface area (Å²) in [6.45, 7) is 3.73. The van der Waals surface area contributed by atoms with Crippen LogP contribution in [0.2, 0.25) is 0 Å². The lowest BCUT2D eigenvalue weighted by Crippen LogP contribution is -2.41. The van der Waals surface area contributed by atoms with Gasteiger partial charge in [-0.15, -0.1) is 0 Å². The van der Waals surface area contributed by atoms with Gasteiger partial charge in [0.05, 0.1) is 17.9 Å². The SMILES string of the molecule is CCCC(NS(=O)(=O)Cc1ccc(C(=O)OCC)cc1)C(=O)O. The van der Waals surface area contributed by atoms with Crippen molar-refractivity contribution in [3.63, 3.8) is 0 Å². The van der Waals surface area contributed by atoms with E-state index in [0.29, 0.717) is 17.5 Å². The van der Waals surface area contributed by atoms with E-state index in [0.717, 1.165) is 0 Å². The zero-order valence-electron chi connectivity index (χ0n) is 13.1. The number of carboxylic acids is 1. The highest BCUT2D eigenvalue weighted by molar-refractivity contribution is 7.88. The largest absolute Gasteiger partial charge is 0.480 e. The molecular formula is C15H21NO6S. The van der Waals surface area contributed by atoms with Gasteiger partial charge in [-0.3, -0.25) is 4.79 Å². The summed E-state index contributed by atoms with van der Waals surface area (Å²) < 4.78 is 31.1. The van der Waals surface area contributed by atoms with Gasteiger partial charge < -0.3 is 9.84 Å². The number of hydrogen-bond acceptors (Lipinski definition) is 5. The lowest BCUT2D eigenvalue weighted by atomic mass is 10.1. The van der Waals surface area contributed by atoms with Crippen LogP contribution < -0.4 is 4.72 Å². The van der Waals surface area contributed by atoms with Crippen molar-refractivity contribution >= 4 is 22.0 Å². The molecule has 0 fully saturated rings. The molecule has 128 valence electrons. The Morgan fingerprint density at radius 2 is 1.83 bits per heavy atom. The highest BCUT2D eigenvalue weighted by Gasteiger charge is 2.23. The van der Waals surface area contributed by atoms with Gasteiger partial charge in [0.15, 0.2) is 0 Å². The standard InChI is InChI=1S/C15H21NO6S/c1-3-5-13(14(17)18)16-23(20,21)10-11-6-8-12(9-7-11)15(19)22-4-2/h6-9,13,16H,3-5,10H2,1-2H3,(H,17,18). The molecule has 1 unspecified atom stereocenters. The predicted molar refractivity (Wildman–Crippen MR) is 84.5 cm³/mol. The highest BCUT2D eigenvalue weighted by atomic mass is 32.2. The van der Waals surface area contributed by atoms with Gasteiger partial charge >= 0.3 is 11.9 Å². The van der Waals surface area contributed by atoms with Crippen LogP contribution in [-0.2, 0) is 25.3 Å². The quantitative estimate of drug-likeness (QED) is 0.658. The Bertz CT molecular complexity index is 638. The number of carboxylic acid groups (broad SMARTS) is 1. The number of benzene rings is 1. The normalized spacial score (nSPS) is 12.6. The third-order valence-electron chi connectivity index (χ3n) is 3.02. The Labute approximate surface area is 135 Å². The summed E-state index contributed by atoms with van der Waals surface area (Å²) in [4.78, 5) is 22.5. The number of carbonyl (C=O) groups is 2. The first-order valence-corrected chi connectivity index (χ1v) is 8.93. The summed E-state index contributed by atoms with van der Waals surface area (Å²) in [5, 5.41) is 9.00. The number of nitrogens with one attached hydrogen (secondary N) is 1. The minimum Gasteiger partial charge on any atom is -0.480 e. The van der Waals surface area contributed by atoms with Crippen LogP contribution in [0.25, 0.3) is 0 Å². The molecule has 1 aromatic rings. The Morgan fingerprint density at radius 3 is 2.30 bits per heavy atom. The molecule has 1 rings (SSSR count). The molecule has 23 heavy (non-hydrogen) atoms. The summed E-state index contributed by atoms with van der Waals surface area (Å²) in [6, 6.07) is 4.82. The second-order valence-corrected chi connectivity index (χ2v) is 6.73. The zero-order chi connectivity index (χ0) is 17.5. The molecule has 0 radical (unpaired) electrons. The van der Waals surface area contributed by atoms with Crippen molar-refractivity contribution in [1.82, 2.24) is 4.72 Å². The van der Waals surface area contributed by atoms with Crippen LogP contribution in [-0.4, -0.2) is 38.1 Å². The average Bonchev–Trinajstić information content (AvgIpc) is 2.47. The van der Waals surface area contributed by atoms with Crippen LogP contribution in [0.15, 0.2) is 24.3 Å². The van der Waals surface area contributed by atoms with Gasteiger partial charge in [0, 0.05) is 0 Å². The molecule has 7 nitrogen and oxygen atoms in total. The summed E-state index contributed by atoms with van der Waals surface area (Å²) in [5.41, 5.74) is 0.779. The van der Waals surface area contributed by atoms with Crippen LogP contribution in [0.3, 0.4) is 0 Å². The van der Waals surface area contributed by atoms with Gasteiger partial charge in [-0.2, -0.15) is 0 Å². The molecule has 2 N–H and O–H groups in total. The molecule has 0 heterocycles. The van der Waals surface area contributed by atoms with E-state index in [1.807, 2.05) is 0 Å². The van der Waals surface area contributed by atoms with Crippen molar-refractivity contribution in [2.24, 2.45) is 0 Å². The Morgan fingerprint density at radius 1 is 1.22 bits per heavy atom. The first kappa shape index (κ1) is 19.1. The summed E-state index contributed by atoms with van der Waals surface area (Å²) >= 11 is 0. The number of rotatable bonds is 9. The fourth-order valence-electron chi connectivity index (χ4n) is 1.95. The van der Waals surface area contributed by atoms with Gasteiger partial charge in [0.2, 0.25) is 10.0 Å². The maximum Gasteiger partial charge on any atom is 0.338 e. The third-order valence-corrected chi connectivity index (χ3v) is 4.38. The zero-order valence-corrected chi connectivity index (χ0v) is 13.9. The molecule has 0 saturated heterocycles. The maximum atomic E-state index is 12.0. The third kappa shape index (κ3) is 6.37. The lowest BCUT2D eigenvalue weighted by molar-refractivity contribution is -0.139. The highest BCUT2D eigenvalue weighted by Crippen LogP contribution is 2.10. The van der Waals surface area contributed by atoms with E-state index in [1.165, 1.54) is 24.3 Å². The first-order valence-electron chi connectivity index (χ1n) is 7.28. The van der Waals surface area contributed by atoms with Crippen LogP contribution in [0.5, 0.6) is 0 Å². The van der Waals surface area contributed by atoms with E-state index in [-0.39, 0.29) is 18.8 Å². The van der Waals surface area contributed by atoms with E-state index < -0.39 is 28.0 Å². The fraction of sp³-hybridized carbons (Fsp3) is 0.467. The number of hydrogen-bond donors (Lipinski definition) is 2. The minimum absolute atomic E-state index is 0.219. The van der Waals surface area contributed by atoms with Gasteiger partial charge in [0.1, 0.15) is 6.04 Å². The number of sulfonamides is 1. The average molecular weight is 343 g/mol. The molecule has 0 aromatic heterocycles. The molecule has 0 bridgehead atoms. The summed E-state index contributed by atoms with van der Waals surface area (Å²) in [5.74, 6) is -2.04. The number of aliphatic carboxylic acids is 1. The van der Waals surface area contributed by atoms with E-state index in [9.17, 15) is 18.0 Å². The smallest absolute Gasteiger partial charge is 0.338 e. The second-order valence-electron chi connectivity index (χ2n) is 4.97. The van der Waals surface area contributed by atoms with Crippen molar-refractivity contribution in [3.8, 4) is 0 Å². The van der Waals surface area contributed by atoms with Crippen molar-refractivity contribution in [3.05, 3.63) is 35.4 Å². The molecule has 1 aromatic carbocycles. The van der Waals surface area contributed by atoms with Gasteiger partial charge in [-0.05, 0) is 31.0 Å². The molecule has 1 atom stereocenters. The number of ether oxygens (including phenoxy) is 1. The molecular weight excluding hydrogens is 322 g/mol. The van der Waals surface area contributed by atoms with Gasteiger partial charge in [-0.1, -0.05) is 25.5 Å². The molecule has 0 aliphatic rings. The summed E-state index contributed by atoms with van der Waals surface area (Å²) in [6.07, 6.45) is 0.768. The van der Waals surface area contributed by atoms with E-state index in [1.54, 1.807) is 13.8 Å². The van der Waals surface area contributed by atoms with Crippen LogP contribution in [0, 0.1) is 0 Å². The Balaban J connectivity index is 2.77. The Hall–Kier alpha value is -1.93. The minimum atomic E-state index is -3.79. The maximum absolute atomic E-state index is 12.0. The lowest BCUT2D eigenvalue weighted by Gasteiger charge is -2.14. The van der Waals surface area contributed by atoms with E-state index >= 15 is 0 Å².